The van der Waals surface area contributed by atoms with E-state index in [-0.39, 0.29) is 0 Å². The molecule has 0 radical (unpaired) electrons. The van der Waals surface area contributed by atoms with E-state index in [0.717, 1.165) is 16.9 Å². The van der Waals surface area contributed by atoms with Gasteiger partial charge in [0.05, 0.1) is 19.8 Å². The second-order valence-electron chi connectivity index (χ2n) is 5.27. The summed E-state index contributed by atoms with van der Waals surface area (Å²) in [6.45, 7) is 1.18. The third-order valence-corrected chi connectivity index (χ3v) is 3.86. The monoisotopic (exact) mass is 263 g/mol. The predicted octanol–water partition coefficient (Wildman–Crippen LogP) is 3.39. The summed E-state index contributed by atoms with van der Waals surface area (Å²) >= 11 is 0. The van der Waals surface area contributed by atoms with E-state index in [1.165, 1.54) is 38.5 Å². The van der Waals surface area contributed by atoms with Gasteiger partial charge < -0.3 is 15.2 Å². The van der Waals surface area contributed by atoms with Crippen LogP contribution in [0.4, 0.5) is 0 Å². The Labute approximate surface area is 116 Å². The summed E-state index contributed by atoms with van der Waals surface area (Å²) in [7, 11) is 1.70. The Morgan fingerprint density at radius 1 is 1.16 bits per heavy atom. The molecule has 1 saturated carbocycles. The Bertz CT molecular complexity index is 384. The van der Waals surface area contributed by atoms with Gasteiger partial charge in [-0.1, -0.05) is 31.7 Å². The summed E-state index contributed by atoms with van der Waals surface area (Å²) in [6.07, 6.45) is 8.10. The third-order valence-electron chi connectivity index (χ3n) is 3.86. The number of rotatable bonds is 5. The number of hydrogen-bond acceptors (Lipinski definition) is 3. The van der Waals surface area contributed by atoms with E-state index in [9.17, 15) is 0 Å². The number of hydrogen-bond donors (Lipinski definition) is 1. The van der Waals surface area contributed by atoms with Gasteiger partial charge in [0.25, 0.3) is 0 Å². The SMILES string of the molecule is COc1ccc(CN)cc1COC1CCCCCC1. The van der Waals surface area contributed by atoms with Crippen LogP contribution in [0.5, 0.6) is 5.75 Å². The van der Waals surface area contributed by atoms with Crippen LogP contribution in [0, 0.1) is 0 Å². The van der Waals surface area contributed by atoms with Crippen LogP contribution in [0.15, 0.2) is 18.2 Å². The van der Waals surface area contributed by atoms with Crippen molar-refractivity contribution in [3.63, 3.8) is 0 Å². The lowest BCUT2D eigenvalue weighted by Gasteiger charge is -2.17. The molecule has 1 aliphatic rings. The zero-order valence-corrected chi connectivity index (χ0v) is 11.9. The molecule has 0 aliphatic heterocycles. The molecule has 0 bridgehead atoms. The first-order valence-corrected chi connectivity index (χ1v) is 7.31. The van der Waals surface area contributed by atoms with Crippen LogP contribution in [0.25, 0.3) is 0 Å². The van der Waals surface area contributed by atoms with Crippen molar-refractivity contribution in [2.24, 2.45) is 5.73 Å². The molecular formula is C16H25NO2. The lowest BCUT2D eigenvalue weighted by molar-refractivity contribution is 0.0300. The lowest BCUT2D eigenvalue weighted by atomic mass is 10.1. The minimum atomic E-state index is 0.411. The standard InChI is InChI=1S/C16H25NO2/c1-18-16-9-8-13(11-17)10-14(16)12-19-15-6-4-2-3-5-7-15/h8-10,15H,2-7,11-12,17H2,1H3. The second kappa shape index (κ2) is 7.51. The maximum absolute atomic E-state index is 6.07. The number of nitrogens with two attached hydrogens (primary N) is 1. The molecule has 0 unspecified atom stereocenters. The van der Waals surface area contributed by atoms with Gasteiger partial charge in [0, 0.05) is 12.1 Å². The third kappa shape index (κ3) is 4.22. The van der Waals surface area contributed by atoms with E-state index >= 15 is 0 Å². The molecule has 0 spiro atoms. The van der Waals surface area contributed by atoms with Crippen molar-refractivity contribution in [3.05, 3.63) is 29.3 Å². The maximum atomic E-state index is 6.07. The van der Waals surface area contributed by atoms with Crippen molar-refractivity contribution in [1.29, 1.82) is 0 Å². The molecule has 1 fully saturated rings. The first kappa shape index (κ1) is 14.4. The quantitative estimate of drug-likeness (QED) is 0.828. The molecule has 0 heterocycles. The van der Waals surface area contributed by atoms with Crippen molar-refractivity contribution in [2.45, 2.75) is 57.8 Å². The van der Waals surface area contributed by atoms with Crippen molar-refractivity contribution in [3.8, 4) is 5.75 Å². The van der Waals surface area contributed by atoms with Crippen LogP contribution in [0.3, 0.4) is 0 Å². The normalized spacial score (nSPS) is 17.2. The van der Waals surface area contributed by atoms with Gasteiger partial charge in [0.2, 0.25) is 0 Å². The molecule has 0 amide bonds. The van der Waals surface area contributed by atoms with E-state index in [1.807, 2.05) is 12.1 Å². The molecule has 0 saturated heterocycles. The number of benzene rings is 1. The highest BCUT2D eigenvalue weighted by atomic mass is 16.5. The van der Waals surface area contributed by atoms with Crippen molar-refractivity contribution in [1.82, 2.24) is 0 Å². The summed E-state index contributed by atoms with van der Waals surface area (Å²) in [5.74, 6) is 0.894. The van der Waals surface area contributed by atoms with Gasteiger partial charge in [-0.05, 0) is 30.5 Å². The Kier molecular flexibility index (Phi) is 5.67. The van der Waals surface area contributed by atoms with E-state index in [2.05, 4.69) is 6.07 Å². The fourth-order valence-corrected chi connectivity index (χ4v) is 2.69. The molecule has 0 atom stereocenters. The second-order valence-corrected chi connectivity index (χ2v) is 5.27. The first-order chi connectivity index (χ1) is 9.33. The topological polar surface area (TPSA) is 44.5 Å². The Morgan fingerprint density at radius 3 is 2.53 bits per heavy atom. The first-order valence-electron chi connectivity index (χ1n) is 7.31. The van der Waals surface area contributed by atoms with Gasteiger partial charge in [-0.2, -0.15) is 0 Å². The average molecular weight is 263 g/mol. The lowest BCUT2D eigenvalue weighted by Crippen LogP contribution is -2.12. The van der Waals surface area contributed by atoms with Crippen molar-refractivity contribution >= 4 is 0 Å². The highest BCUT2D eigenvalue weighted by molar-refractivity contribution is 5.36. The Morgan fingerprint density at radius 2 is 1.89 bits per heavy atom. The van der Waals surface area contributed by atoms with Crippen molar-refractivity contribution < 1.29 is 9.47 Å². The molecule has 106 valence electrons. The van der Waals surface area contributed by atoms with E-state index in [4.69, 9.17) is 15.2 Å². The molecule has 2 rings (SSSR count). The fraction of sp³-hybridized carbons (Fsp3) is 0.625. The van der Waals surface area contributed by atoms with Crippen LogP contribution in [0.1, 0.15) is 49.7 Å². The van der Waals surface area contributed by atoms with Crippen LogP contribution < -0.4 is 10.5 Å². The Balaban J connectivity index is 1.96. The predicted molar refractivity (Wildman–Crippen MR) is 77.2 cm³/mol. The average Bonchev–Trinajstić information content (AvgIpc) is 2.73. The van der Waals surface area contributed by atoms with Crippen LogP contribution >= 0.6 is 0 Å². The molecule has 1 aromatic rings. The molecule has 19 heavy (non-hydrogen) atoms. The molecule has 0 aromatic heterocycles. The van der Waals surface area contributed by atoms with E-state index in [0.29, 0.717) is 19.3 Å². The largest absolute Gasteiger partial charge is 0.496 e. The Hall–Kier alpha value is -1.06. The summed E-state index contributed by atoms with van der Waals surface area (Å²) < 4.78 is 11.5. The summed E-state index contributed by atoms with van der Waals surface area (Å²) in [5, 5.41) is 0. The smallest absolute Gasteiger partial charge is 0.124 e. The molecular weight excluding hydrogens is 238 g/mol. The highest BCUT2D eigenvalue weighted by Gasteiger charge is 2.14. The molecule has 3 nitrogen and oxygen atoms in total. The highest BCUT2D eigenvalue weighted by Crippen LogP contribution is 2.24. The number of ether oxygens (including phenoxy) is 2. The van der Waals surface area contributed by atoms with Gasteiger partial charge >= 0.3 is 0 Å². The fourth-order valence-electron chi connectivity index (χ4n) is 2.69. The van der Waals surface area contributed by atoms with Crippen molar-refractivity contribution in [2.75, 3.05) is 7.11 Å². The minimum absolute atomic E-state index is 0.411. The van der Waals surface area contributed by atoms with Gasteiger partial charge in [-0.15, -0.1) is 0 Å². The van der Waals surface area contributed by atoms with Gasteiger partial charge in [0.1, 0.15) is 5.75 Å². The van der Waals surface area contributed by atoms with Gasteiger partial charge in [0.15, 0.2) is 0 Å². The zero-order chi connectivity index (χ0) is 13.5. The maximum Gasteiger partial charge on any atom is 0.124 e. The van der Waals surface area contributed by atoms with E-state index < -0.39 is 0 Å². The summed E-state index contributed by atoms with van der Waals surface area (Å²) in [6, 6.07) is 6.08. The molecule has 3 heteroatoms. The van der Waals surface area contributed by atoms with Gasteiger partial charge in [-0.25, -0.2) is 0 Å². The van der Waals surface area contributed by atoms with E-state index in [1.54, 1.807) is 7.11 Å². The summed E-state index contributed by atoms with van der Waals surface area (Å²) in [4.78, 5) is 0. The molecule has 1 aromatic carbocycles. The zero-order valence-electron chi connectivity index (χ0n) is 11.9. The molecule has 1 aliphatic carbocycles. The number of methoxy groups -OCH3 is 1. The molecule has 2 N–H and O–H groups in total. The minimum Gasteiger partial charge on any atom is -0.496 e. The van der Waals surface area contributed by atoms with Crippen LogP contribution in [-0.4, -0.2) is 13.2 Å². The van der Waals surface area contributed by atoms with Crippen LogP contribution in [0.2, 0.25) is 0 Å². The van der Waals surface area contributed by atoms with Gasteiger partial charge in [-0.3, -0.25) is 0 Å². The summed E-state index contributed by atoms with van der Waals surface area (Å²) in [5.41, 5.74) is 7.92. The van der Waals surface area contributed by atoms with Crippen LogP contribution in [-0.2, 0) is 17.9 Å².